The van der Waals surface area contributed by atoms with Crippen molar-refractivity contribution in [3.05, 3.63) is 71.8 Å². The van der Waals surface area contributed by atoms with Crippen molar-refractivity contribution >= 4 is 17.2 Å². The van der Waals surface area contributed by atoms with Crippen LogP contribution in [0.25, 0.3) is 5.57 Å². The molecule has 0 amide bonds. The molecule has 3 heteroatoms. The highest BCUT2D eigenvalue weighted by Crippen LogP contribution is 2.35. The topological polar surface area (TPSA) is 49.3 Å². The molecular formula is C19H19NO2. The summed E-state index contributed by atoms with van der Waals surface area (Å²) in [5.74, 6) is -0.444. The second kappa shape index (κ2) is 6.48. The highest BCUT2D eigenvalue weighted by atomic mass is 16.4. The maximum Gasteiger partial charge on any atom is 0.328 e. The summed E-state index contributed by atoms with van der Waals surface area (Å²) in [4.78, 5) is 11.1. The van der Waals surface area contributed by atoms with Crippen LogP contribution in [0.15, 0.2) is 60.7 Å². The van der Waals surface area contributed by atoms with E-state index < -0.39 is 5.97 Å². The Morgan fingerprint density at radius 3 is 2.64 bits per heavy atom. The molecular weight excluding hydrogens is 274 g/mol. The monoisotopic (exact) mass is 293 g/mol. The van der Waals surface area contributed by atoms with Crippen LogP contribution in [0.5, 0.6) is 0 Å². The smallest absolute Gasteiger partial charge is 0.328 e. The zero-order valence-electron chi connectivity index (χ0n) is 12.3. The largest absolute Gasteiger partial charge is 0.478 e. The fraction of sp³-hybridized carbons (Fsp3) is 0.211. The van der Waals surface area contributed by atoms with Gasteiger partial charge in [0.05, 0.1) is 0 Å². The molecule has 2 N–H and O–H groups in total. The molecule has 3 nitrogen and oxygen atoms in total. The van der Waals surface area contributed by atoms with Gasteiger partial charge in [-0.2, -0.15) is 0 Å². The third-order valence-corrected chi connectivity index (χ3v) is 4.14. The number of carbonyl (C=O) groups is 1. The van der Waals surface area contributed by atoms with E-state index in [-0.39, 0.29) is 0 Å². The third kappa shape index (κ3) is 3.19. The molecule has 0 fully saturated rings. The van der Waals surface area contributed by atoms with Gasteiger partial charge >= 0.3 is 5.97 Å². The summed E-state index contributed by atoms with van der Waals surface area (Å²) >= 11 is 0. The molecule has 0 aromatic heterocycles. The van der Waals surface area contributed by atoms with Gasteiger partial charge in [-0.3, -0.25) is 0 Å². The molecule has 1 aliphatic rings. The minimum atomic E-state index is -0.885. The summed E-state index contributed by atoms with van der Waals surface area (Å²) in [6.45, 7) is 0.925. The van der Waals surface area contributed by atoms with E-state index in [0.29, 0.717) is 5.92 Å². The summed E-state index contributed by atoms with van der Waals surface area (Å²) in [5.41, 5.74) is 4.42. The predicted octanol–water partition coefficient (Wildman–Crippen LogP) is 4.14. The Bertz CT molecular complexity index is 692. The normalized spacial score (nSPS) is 16.9. The van der Waals surface area contributed by atoms with E-state index in [4.69, 9.17) is 5.11 Å². The molecule has 3 rings (SSSR count). The fourth-order valence-corrected chi connectivity index (χ4v) is 3.05. The van der Waals surface area contributed by atoms with Gasteiger partial charge in [-0.1, -0.05) is 48.5 Å². The van der Waals surface area contributed by atoms with Gasteiger partial charge in [0.2, 0.25) is 0 Å². The van der Waals surface area contributed by atoms with Crippen molar-refractivity contribution < 1.29 is 9.90 Å². The average Bonchev–Trinajstić information content (AvgIpc) is 2.95. The highest BCUT2D eigenvalue weighted by Gasteiger charge is 2.21. The van der Waals surface area contributed by atoms with Crippen LogP contribution in [0.4, 0.5) is 5.69 Å². The number of carboxylic acid groups (broad SMARTS) is 1. The van der Waals surface area contributed by atoms with Crippen LogP contribution in [-0.2, 0) is 4.79 Å². The molecule has 112 valence electrons. The number of benzene rings is 2. The van der Waals surface area contributed by atoms with E-state index in [1.165, 1.54) is 17.3 Å². The number of rotatable bonds is 5. The molecule has 0 saturated carbocycles. The molecule has 0 saturated heterocycles. The van der Waals surface area contributed by atoms with Gasteiger partial charge in [-0.05, 0) is 35.6 Å². The zero-order chi connectivity index (χ0) is 15.4. The van der Waals surface area contributed by atoms with E-state index in [1.54, 1.807) is 0 Å². The first-order valence-corrected chi connectivity index (χ1v) is 7.56. The predicted molar refractivity (Wildman–Crippen MR) is 89.0 cm³/mol. The SMILES string of the molecule is O=C(O)/C=C(/CCC1CNc2ccccc21)c1ccccc1. The Morgan fingerprint density at radius 1 is 1.14 bits per heavy atom. The van der Waals surface area contributed by atoms with Crippen molar-refractivity contribution in [2.75, 3.05) is 11.9 Å². The number of fused-ring (bicyclic) bond motifs is 1. The number of aliphatic carboxylic acids is 1. The van der Waals surface area contributed by atoms with E-state index in [2.05, 4.69) is 23.5 Å². The van der Waals surface area contributed by atoms with Crippen molar-refractivity contribution in [3.63, 3.8) is 0 Å². The van der Waals surface area contributed by atoms with Crippen molar-refractivity contribution in [1.82, 2.24) is 0 Å². The van der Waals surface area contributed by atoms with Crippen LogP contribution < -0.4 is 5.32 Å². The number of carboxylic acids is 1. The second-order valence-corrected chi connectivity index (χ2v) is 5.58. The van der Waals surface area contributed by atoms with Crippen LogP contribution >= 0.6 is 0 Å². The van der Waals surface area contributed by atoms with Gasteiger partial charge in [0.1, 0.15) is 0 Å². The number of para-hydroxylation sites is 1. The van der Waals surface area contributed by atoms with Crippen LogP contribution in [0.1, 0.15) is 29.9 Å². The lowest BCUT2D eigenvalue weighted by Crippen LogP contribution is -2.03. The van der Waals surface area contributed by atoms with Crippen molar-refractivity contribution in [1.29, 1.82) is 0 Å². The highest BCUT2D eigenvalue weighted by molar-refractivity contribution is 5.90. The third-order valence-electron chi connectivity index (χ3n) is 4.14. The minimum Gasteiger partial charge on any atom is -0.478 e. The van der Waals surface area contributed by atoms with Crippen molar-refractivity contribution in [2.24, 2.45) is 0 Å². The molecule has 2 aromatic carbocycles. The van der Waals surface area contributed by atoms with Crippen LogP contribution in [0.3, 0.4) is 0 Å². The molecule has 1 unspecified atom stereocenters. The van der Waals surface area contributed by atoms with Gasteiger partial charge in [-0.25, -0.2) is 4.79 Å². The fourth-order valence-electron chi connectivity index (χ4n) is 3.05. The summed E-state index contributed by atoms with van der Waals surface area (Å²) < 4.78 is 0. The molecule has 1 atom stereocenters. The Labute approximate surface area is 130 Å². The standard InChI is InChI=1S/C19H19NO2/c21-19(22)12-15(14-6-2-1-3-7-14)10-11-16-13-20-18-9-5-4-8-17(16)18/h1-9,12,16,20H,10-11,13H2,(H,21,22)/b15-12-. The zero-order valence-corrected chi connectivity index (χ0v) is 12.3. The van der Waals surface area contributed by atoms with Crippen molar-refractivity contribution in [3.8, 4) is 0 Å². The Balaban J connectivity index is 1.75. The Morgan fingerprint density at radius 2 is 1.86 bits per heavy atom. The van der Waals surface area contributed by atoms with Crippen LogP contribution in [-0.4, -0.2) is 17.6 Å². The lowest BCUT2D eigenvalue weighted by molar-refractivity contribution is -0.131. The van der Waals surface area contributed by atoms with Gasteiger partial charge in [0, 0.05) is 24.2 Å². The summed E-state index contributed by atoms with van der Waals surface area (Å²) in [5, 5.41) is 12.5. The van der Waals surface area contributed by atoms with E-state index in [9.17, 15) is 4.79 Å². The molecule has 0 bridgehead atoms. The molecule has 1 heterocycles. The number of hydrogen-bond donors (Lipinski definition) is 2. The van der Waals surface area contributed by atoms with Gasteiger partial charge in [0.25, 0.3) is 0 Å². The molecule has 2 aromatic rings. The molecule has 1 aliphatic heterocycles. The minimum absolute atomic E-state index is 0.442. The number of anilines is 1. The lowest BCUT2D eigenvalue weighted by atomic mass is 9.91. The number of nitrogens with one attached hydrogen (secondary N) is 1. The summed E-state index contributed by atoms with van der Waals surface area (Å²) in [6, 6.07) is 18.1. The number of hydrogen-bond acceptors (Lipinski definition) is 2. The molecule has 0 radical (unpaired) electrons. The van der Waals surface area contributed by atoms with E-state index in [1.807, 2.05) is 36.4 Å². The van der Waals surface area contributed by atoms with Gasteiger partial charge < -0.3 is 10.4 Å². The van der Waals surface area contributed by atoms with Gasteiger partial charge in [-0.15, -0.1) is 0 Å². The first kappa shape index (κ1) is 14.4. The Kier molecular flexibility index (Phi) is 4.24. The number of allylic oxidation sites excluding steroid dienone is 1. The lowest BCUT2D eigenvalue weighted by Gasteiger charge is -2.12. The maximum atomic E-state index is 11.1. The Hall–Kier alpha value is -2.55. The molecule has 0 spiro atoms. The molecule has 22 heavy (non-hydrogen) atoms. The van der Waals surface area contributed by atoms with E-state index in [0.717, 1.165) is 30.5 Å². The van der Waals surface area contributed by atoms with E-state index >= 15 is 0 Å². The van der Waals surface area contributed by atoms with Crippen LogP contribution in [0.2, 0.25) is 0 Å². The first-order valence-electron chi connectivity index (χ1n) is 7.56. The summed E-state index contributed by atoms with van der Waals surface area (Å²) in [7, 11) is 0. The second-order valence-electron chi connectivity index (χ2n) is 5.58. The quantitative estimate of drug-likeness (QED) is 0.814. The first-order chi connectivity index (χ1) is 10.7. The molecule has 0 aliphatic carbocycles. The van der Waals surface area contributed by atoms with Crippen molar-refractivity contribution in [2.45, 2.75) is 18.8 Å². The maximum absolute atomic E-state index is 11.1. The van der Waals surface area contributed by atoms with Gasteiger partial charge in [0.15, 0.2) is 0 Å². The average molecular weight is 293 g/mol. The van der Waals surface area contributed by atoms with Crippen LogP contribution in [0, 0.1) is 0 Å². The summed E-state index contributed by atoms with van der Waals surface area (Å²) in [6.07, 6.45) is 3.04.